The Kier molecular flexibility index (Phi) is 3.91. The lowest BCUT2D eigenvalue weighted by atomic mass is 10.2. The number of hydrogen-bond donors (Lipinski definition) is 0. The van der Waals surface area contributed by atoms with Crippen LogP contribution in [-0.2, 0) is 19.1 Å². The first kappa shape index (κ1) is 14.0. The van der Waals surface area contributed by atoms with Crippen molar-refractivity contribution in [2.24, 2.45) is 0 Å². The van der Waals surface area contributed by atoms with E-state index < -0.39 is 16.2 Å². The van der Waals surface area contributed by atoms with Gasteiger partial charge in [0, 0.05) is 20.0 Å². The van der Waals surface area contributed by atoms with E-state index in [0.29, 0.717) is 19.5 Å². The summed E-state index contributed by atoms with van der Waals surface area (Å²) in [5.74, 6) is -0.0566. The minimum atomic E-state index is -3.75. The fourth-order valence-electron chi connectivity index (χ4n) is 2.03. The monoisotopic (exact) mass is 283 g/mol. The van der Waals surface area contributed by atoms with Gasteiger partial charge in [0.05, 0.1) is 11.0 Å². The molecule has 1 atom stereocenters. The standard InChI is InChI=1S/C13H17NO4S/c1-10-3-5-13(6-4-10)19(16,17)18-12-7-8-14(9-12)11(2)15/h3-6,12H,7-9H2,1-2H3/t12-/m1/s1. The van der Waals surface area contributed by atoms with Crippen LogP contribution in [-0.4, -0.2) is 38.4 Å². The van der Waals surface area contributed by atoms with Gasteiger partial charge in [-0.15, -0.1) is 0 Å². The molecular formula is C13H17NO4S. The van der Waals surface area contributed by atoms with Gasteiger partial charge in [-0.05, 0) is 25.5 Å². The van der Waals surface area contributed by atoms with Crippen LogP contribution < -0.4 is 0 Å². The van der Waals surface area contributed by atoms with Gasteiger partial charge in [-0.2, -0.15) is 8.42 Å². The Bertz CT molecular complexity index is 565. The number of likely N-dealkylation sites (tertiary alicyclic amines) is 1. The number of amides is 1. The molecule has 0 bridgehead atoms. The molecule has 0 aliphatic carbocycles. The molecule has 0 spiro atoms. The van der Waals surface area contributed by atoms with Crippen molar-refractivity contribution in [2.75, 3.05) is 13.1 Å². The van der Waals surface area contributed by atoms with E-state index in [9.17, 15) is 13.2 Å². The predicted octanol–water partition coefficient (Wildman–Crippen LogP) is 1.32. The lowest BCUT2D eigenvalue weighted by Crippen LogP contribution is -2.28. The van der Waals surface area contributed by atoms with E-state index in [1.165, 1.54) is 19.1 Å². The van der Waals surface area contributed by atoms with Crippen LogP contribution in [0.25, 0.3) is 0 Å². The third kappa shape index (κ3) is 3.33. The maximum Gasteiger partial charge on any atom is 0.297 e. The van der Waals surface area contributed by atoms with Gasteiger partial charge in [-0.25, -0.2) is 0 Å². The summed E-state index contributed by atoms with van der Waals surface area (Å²) < 4.78 is 29.3. The van der Waals surface area contributed by atoms with Crippen molar-refractivity contribution in [2.45, 2.75) is 31.3 Å². The van der Waals surface area contributed by atoms with Crippen molar-refractivity contribution in [3.63, 3.8) is 0 Å². The topological polar surface area (TPSA) is 63.7 Å². The minimum Gasteiger partial charge on any atom is -0.340 e. The maximum atomic E-state index is 12.1. The van der Waals surface area contributed by atoms with E-state index in [1.54, 1.807) is 17.0 Å². The molecule has 1 aromatic rings. The van der Waals surface area contributed by atoms with Gasteiger partial charge in [0.15, 0.2) is 0 Å². The highest BCUT2D eigenvalue weighted by Crippen LogP contribution is 2.20. The predicted molar refractivity (Wildman–Crippen MR) is 70.1 cm³/mol. The lowest BCUT2D eigenvalue weighted by molar-refractivity contribution is -0.128. The molecule has 0 aromatic heterocycles. The van der Waals surface area contributed by atoms with Gasteiger partial charge in [-0.1, -0.05) is 17.7 Å². The van der Waals surface area contributed by atoms with Crippen LogP contribution in [0, 0.1) is 6.92 Å². The highest BCUT2D eigenvalue weighted by Gasteiger charge is 2.29. The quantitative estimate of drug-likeness (QED) is 0.785. The van der Waals surface area contributed by atoms with Crippen molar-refractivity contribution >= 4 is 16.0 Å². The number of aryl methyl sites for hydroxylation is 1. The fourth-order valence-corrected chi connectivity index (χ4v) is 3.13. The van der Waals surface area contributed by atoms with Gasteiger partial charge in [0.2, 0.25) is 5.91 Å². The Labute approximate surface area is 113 Å². The van der Waals surface area contributed by atoms with E-state index in [1.807, 2.05) is 6.92 Å². The van der Waals surface area contributed by atoms with Crippen molar-refractivity contribution in [1.29, 1.82) is 0 Å². The summed E-state index contributed by atoms with van der Waals surface area (Å²) in [5, 5.41) is 0. The summed E-state index contributed by atoms with van der Waals surface area (Å²) in [4.78, 5) is 12.9. The van der Waals surface area contributed by atoms with Crippen LogP contribution in [0.2, 0.25) is 0 Å². The zero-order valence-corrected chi connectivity index (χ0v) is 11.8. The SMILES string of the molecule is CC(=O)N1CC[C@@H](OS(=O)(=O)c2ccc(C)cc2)C1. The summed E-state index contributed by atoms with van der Waals surface area (Å²) in [6, 6.07) is 6.52. The van der Waals surface area contributed by atoms with E-state index in [0.717, 1.165) is 5.56 Å². The van der Waals surface area contributed by atoms with E-state index >= 15 is 0 Å². The maximum absolute atomic E-state index is 12.1. The molecule has 5 nitrogen and oxygen atoms in total. The van der Waals surface area contributed by atoms with Gasteiger partial charge < -0.3 is 4.90 Å². The molecule has 1 aromatic carbocycles. The first-order chi connectivity index (χ1) is 8.88. The summed E-state index contributed by atoms with van der Waals surface area (Å²) in [7, 11) is -3.75. The first-order valence-electron chi connectivity index (χ1n) is 6.14. The van der Waals surface area contributed by atoms with Crippen molar-refractivity contribution in [3.8, 4) is 0 Å². The molecule has 1 aliphatic rings. The first-order valence-corrected chi connectivity index (χ1v) is 7.55. The normalized spacial score (nSPS) is 19.7. The second kappa shape index (κ2) is 5.30. The zero-order valence-electron chi connectivity index (χ0n) is 11.0. The van der Waals surface area contributed by atoms with Gasteiger partial charge in [0.1, 0.15) is 0 Å². The fraction of sp³-hybridized carbons (Fsp3) is 0.462. The smallest absolute Gasteiger partial charge is 0.297 e. The number of rotatable bonds is 3. The molecule has 0 unspecified atom stereocenters. The van der Waals surface area contributed by atoms with Gasteiger partial charge >= 0.3 is 0 Å². The van der Waals surface area contributed by atoms with Crippen LogP contribution in [0.1, 0.15) is 18.9 Å². The molecule has 19 heavy (non-hydrogen) atoms. The second-order valence-corrected chi connectivity index (χ2v) is 6.31. The van der Waals surface area contributed by atoms with Crippen LogP contribution >= 0.6 is 0 Å². The molecule has 1 saturated heterocycles. The molecule has 2 rings (SSSR count). The Balaban J connectivity index is 2.06. The van der Waals surface area contributed by atoms with E-state index in [-0.39, 0.29) is 10.8 Å². The number of benzene rings is 1. The molecular weight excluding hydrogens is 266 g/mol. The Morgan fingerprint density at radius 1 is 1.32 bits per heavy atom. The average molecular weight is 283 g/mol. The van der Waals surface area contributed by atoms with Crippen molar-refractivity contribution < 1.29 is 17.4 Å². The average Bonchev–Trinajstić information content (AvgIpc) is 2.77. The zero-order chi connectivity index (χ0) is 14.0. The molecule has 0 N–H and O–H groups in total. The molecule has 6 heteroatoms. The molecule has 0 radical (unpaired) electrons. The number of nitrogens with zero attached hydrogens (tertiary/aromatic N) is 1. The largest absolute Gasteiger partial charge is 0.340 e. The number of carbonyl (C=O) groups excluding carboxylic acids is 1. The van der Waals surface area contributed by atoms with Crippen LogP contribution in [0.4, 0.5) is 0 Å². The van der Waals surface area contributed by atoms with Gasteiger partial charge in [-0.3, -0.25) is 8.98 Å². The van der Waals surface area contributed by atoms with Crippen LogP contribution in [0.3, 0.4) is 0 Å². The molecule has 104 valence electrons. The van der Waals surface area contributed by atoms with Crippen molar-refractivity contribution in [1.82, 2.24) is 4.90 Å². The third-order valence-corrected chi connectivity index (χ3v) is 4.54. The highest BCUT2D eigenvalue weighted by atomic mass is 32.2. The Morgan fingerprint density at radius 3 is 2.47 bits per heavy atom. The summed E-state index contributed by atoms with van der Waals surface area (Å²) >= 11 is 0. The van der Waals surface area contributed by atoms with Crippen LogP contribution in [0.15, 0.2) is 29.2 Å². The number of carbonyl (C=O) groups is 1. The van der Waals surface area contributed by atoms with Gasteiger partial charge in [0.25, 0.3) is 10.1 Å². The van der Waals surface area contributed by atoms with Crippen molar-refractivity contribution in [3.05, 3.63) is 29.8 Å². The number of hydrogen-bond acceptors (Lipinski definition) is 4. The lowest BCUT2D eigenvalue weighted by Gasteiger charge is -2.14. The summed E-state index contributed by atoms with van der Waals surface area (Å²) in [6.07, 6.45) is 0.0974. The highest BCUT2D eigenvalue weighted by molar-refractivity contribution is 7.86. The minimum absolute atomic E-state index is 0.0566. The summed E-state index contributed by atoms with van der Waals surface area (Å²) in [6.45, 7) is 4.24. The second-order valence-electron chi connectivity index (χ2n) is 4.74. The summed E-state index contributed by atoms with van der Waals surface area (Å²) in [5.41, 5.74) is 0.988. The molecule has 1 fully saturated rings. The van der Waals surface area contributed by atoms with Crippen LogP contribution in [0.5, 0.6) is 0 Å². The Morgan fingerprint density at radius 2 is 1.95 bits per heavy atom. The van der Waals surface area contributed by atoms with E-state index in [4.69, 9.17) is 4.18 Å². The molecule has 1 amide bonds. The molecule has 1 aliphatic heterocycles. The molecule has 0 saturated carbocycles. The third-order valence-electron chi connectivity index (χ3n) is 3.16. The van der Waals surface area contributed by atoms with E-state index in [2.05, 4.69) is 0 Å². The Hall–Kier alpha value is -1.40. The molecule has 1 heterocycles.